The van der Waals surface area contributed by atoms with E-state index in [2.05, 4.69) is 10.1 Å². The van der Waals surface area contributed by atoms with E-state index in [0.29, 0.717) is 0 Å². The standard InChI is InChI=1S/C11H17N3O5/c1-18-8-7-14(6-3-9(15)19-2)11(17)10(16)13-5-4-12/h3,5-8H2,1-2H3,(H,13,16). The van der Waals surface area contributed by atoms with E-state index in [4.69, 9.17) is 10.00 Å². The van der Waals surface area contributed by atoms with Gasteiger partial charge < -0.3 is 19.7 Å². The van der Waals surface area contributed by atoms with Gasteiger partial charge in [-0.25, -0.2) is 0 Å². The number of hydrogen-bond donors (Lipinski definition) is 1. The number of ether oxygens (including phenoxy) is 2. The Morgan fingerprint density at radius 1 is 1.26 bits per heavy atom. The van der Waals surface area contributed by atoms with Gasteiger partial charge in [0.05, 0.1) is 26.2 Å². The van der Waals surface area contributed by atoms with Crippen LogP contribution in [-0.2, 0) is 23.9 Å². The Labute approximate surface area is 111 Å². The monoisotopic (exact) mass is 271 g/mol. The first-order valence-corrected chi connectivity index (χ1v) is 5.56. The lowest BCUT2D eigenvalue weighted by molar-refractivity contribution is -0.147. The summed E-state index contributed by atoms with van der Waals surface area (Å²) in [6, 6.07) is 1.69. The summed E-state index contributed by atoms with van der Waals surface area (Å²) in [5.74, 6) is -2.17. The number of carbonyl (C=O) groups excluding carboxylic acids is 3. The largest absolute Gasteiger partial charge is 0.469 e. The maximum Gasteiger partial charge on any atom is 0.312 e. The van der Waals surface area contributed by atoms with Gasteiger partial charge in [0.15, 0.2) is 0 Å². The Bertz CT molecular complexity index is 364. The van der Waals surface area contributed by atoms with Crippen LogP contribution in [0.5, 0.6) is 0 Å². The van der Waals surface area contributed by atoms with Gasteiger partial charge in [0.1, 0.15) is 6.54 Å². The second-order valence-electron chi connectivity index (χ2n) is 3.45. The summed E-state index contributed by atoms with van der Waals surface area (Å²) in [6.45, 7) is 0.208. The van der Waals surface area contributed by atoms with Crippen LogP contribution in [0.4, 0.5) is 0 Å². The van der Waals surface area contributed by atoms with Gasteiger partial charge in [0.2, 0.25) is 0 Å². The van der Waals surface area contributed by atoms with Crippen molar-refractivity contribution < 1.29 is 23.9 Å². The van der Waals surface area contributed by atoms with Crippen molar-refractivity contribution in [2.75, 3.05) is 40.5 Å². The Morgan fingerprint density at radius 3 is 2.47 bits per heavy atom. The van der Waals surface area contributed by atoms with Gasteiger partial charge in [-0.2, -0.15) is 5.26 Å². The molecule has 1 N–H and O–H groups in total. The van der Waals surface area contributed by atoms with Crippen LogP contribution in [0.2, 0.25) is 0 Å². The predicted octanol–water partition coefficient (Wildman–Crippen LogP) is -1.34. The van der Waals surface area contributed by atoms with Gasteiger partial charge in [-0.15, -0.1) is 0 Å². The van der Waals surface area contributed by atoms with E-state index in [0.717, 1.165) is 0 Å². The summed E-state index contributed by atoms with van der Waals surface area (Å²) in [5.41, 5.74) is 0. The number of nitriles is 1. The highest BCUT2D eigenvalue weighted by Gasteiger charge is 2.21. The molecule has 0 heterocycles. The molecule has 8 heteroatoms. The molecular weight excluding hydrogens is 254 g/mol. The van der Waals surface area contributed by atoms with Crippen LogP contribution in [0, 0.1) is 11.3 Å². The van der Waals surface area contributed by atoms with Crippen LogP contribution in [0.1, 0.15) is 6.42 Å². The van der Waals surface area contributed by atoms with E-state index in [1.807, 2.05) is 0 Å². The van der Waals surface area contributed by atoms with Crippen molar-refractivity contribution in [3.05, 3.63) is 0 Å². The van der Waals surface area contributed by atoms with Gasteiger partial charge >= 0.3 is 17.8 Å². The van der Waals surface area contributed by atoms with Gasteiger partial charge in [-0.1, -0.05) is 0 Å². The maximum atomic E-state index is 11.8. The highest BCUT2D eigenvalue weighted by atomic mass is 16.5. The zero-order valence-corrected chi connectivity index (χ0v) is 11.0. The van der Waals surface area contributed by atoms with E-state index in [-0.39, 0.29) is 32.7 Å². The number of rotatable bonds is 7. The summed E-state index contributed by atoms with van der Waals surface area (Å²) in [4.78, 5) is 35.4. The van der Waals surface area contributed by atoms with Crippen molar-refractivity contribution in [3.63, 3.8) is 0 Å². The molecule has 0 saturated heterocycles. The van der Waals surface area contributed by atoms with Crippen LogP contribution in [0.3, 0.4) is 0 Å². The minimum atomic E-state index is -0.887. The van der Waals surface area contributed by atoms with E-state index >= 15 is 0 Å². The number of carbonyl (C=O) groups is 3. The first-order chi connectivity index (χ1) is 9.06. The predicted molar refractivity (Wildman–Crippen MR) is 63.7 cm³/mol. The summed E-state index contributed by atoms with van der Waals surface area (Å²) in [7, 11) is 2.70. The smallest absolute Gasteiger partial charge is 0.312 e. The molecule has 0 spiro atoms. The highest BCUT2D eigenvalue weighted by Crippen LogP contribution is 1.96. The lowest BCUT2D eigenvalue weighted by Gasteiger charge is -2.20. The quantitative estimate of drug-likeness (QED) is 0.349. The number of methoxy groups -OCH3 is 2. The van der Waals surface area contributed by atoms with E-state index in [1.54, 1.807) is 6.07 Å². The molecule has 0 saturated carbocycles. The normalized spacial score (nSPS) is 9.32. The molecule has 8 nitrogen and oxygen atoms in total. The van der Waals surface area contributed by atoms with Crippen LogP contribution in [0.15, 0.2) is 0 Å². The molecule has 0 bridgehead atoms. The Morgan fingerprint density at radius 2 is 1.95 bits per heavy atom. The van der Waals surface area contributed by atoms with E-state index < -0.39 is 17.8 Å². The van der Waals surface area contributed by atoms with Crippen LogP contribution in [0.25, 0.3) is 0 Å². The molecule has 2 amide bonds. The van der Waals surface area contributed by atoms with Gasteiger partial charge in [-0.3, -0.25) is 14.4 Å². The summed E-state index contributed by atoms with van der Waals surface area (Å²) in [6.07, 6.45) is -0.0164. The molecule has 0 fully saturated rings. The molecule has 0 unspecified atom stereocenters. The first-order valence-electron chi connectivity index (χ1n) is 5.56. The van der Waals surface area contributed by atoms with Crippen molar-refractivity contribution in [2.45, 2.75) is 6.42 Å². The Hall–Kier alpha value is -2.14. The first kappa shape index (κ1) is 16.9. The number of esters is 1. The molecule has 0 aliphatic carbocycles. The van der Waals surface area contributed by atoms with Crippen molar-refractivity contribution in [1.29, 1.82) is 5.26 Å². The van der Waals surface area contributed by atoms with Crippen LogP contribution in [-0.4, -0.2) is 63.1 Å². The van der Waals surface area contributed by atoms with Crippen LogP contribution >= 0.6 is 0 Å². The SMILES string of the molecule is COCCN(CCC(=O)OC)C(=O)C(=O)NCC#N. The maximum absolute atomic E-state index is 11.8. The Balaban J connectivity index is 4.46. The van der Waals surface area contributed by atoms with Gasteiger partial charge in [0, 0.05) is 20.2 Å². The summed E-state index contributed by atoms with van der Waals surface area (Å²) >= 11 is 0. The molecule has 0 radical (unpaired) electrons. The number of hydrogen-bond acceptors (Lipinski definition) is 6. The van der Waals surface area contributed by atoms with Gasteiger partial charge in [-0.05, 0) is 0 Å². The number of nitrogens with one attached hydrogen (secondary N) is 1. The third-order valence-electron chi connectivity index (χ3n) is 2.19. The molecule has 0 aromatic carbocycles. The third kappa shape index (κ3) is 7.00. The molecule has 0 aliphatic heterocycles. The van der Waals surface area contributed by atoms with Crippen molar-refractivity contribution in [1.82, 2.24) is 10.2 Å². The average Bonchev–Trinajstić information content (AvgIpc) is 2.43. The summed E-state index contributed by atoms with van der Waals surface area (Å²) < 4.78 is 9.28. The molecule has 0 rings (SSSR count). The van der Waals surface area contributed by atoms with Crippen molar-refractivity contribution >= 4 is 17.8 Å². The molecule has 0 aromatic rings. The average molecular weight is 271 g/mol. The lowest BCUT2D eigenvalue weighted by Crippen LogP contribution is -2.45. The molecule has 0 aliphatic rings. The van der Waals surface area contributed by atoms with Crippen molar-refractivity contribution in [2.24, 2.45) is 0 Å². The topological polar surface area (TPSA) is 109 Å². The fourth-order valence-corrected chi connectivity index (χ4v) is 1.18. The zero-order chi connectivity index (χ0) is 14.7. The molecule has 19 heavy (non-hydrogen) atoms. The third-order valence-corrected chi connectivity index (χ3v) is 2.19. The second-order valence-corrected chi connectivity index (χ2v) is 3.45. The minimum Gasteiger partial charge on any atom is -0.469 e. The molecule has 0 atom stereocenters. The molecule has 106 valence electrons. The fraction of sp³-hybridized carbons (Fsp3) is 0.636. The van der Waals surface area contributed by atoms with E-state index in [1.165, 1.54) is 19.1 Å². The number of nitrogens with zero attached hydrogens (tertiary/aromatic N) is 2. The van der Waals surface area contributed by atoms with Crippen LogP contribution < -0.4 is 5.32 Å². The fourth-order valence-electron chi connectivity index (χ4n) is 1.18. The molecule has 0 aromatic heterocycles. The summed E-state index contributed by atoms with van der Waals surface area (Å²) in [5, 5.41) is 10.5. The second kappa shape index (κ2) is 9.85. The molecular formula is C11H17N3O5. The van der Waals surface area contributed by atoms with Crippen molar-refractivity contribution in [3.8, 4) is 6.07 Å². The Kier molecular flexibility index (Phi) is 8.74. The number of amides is 2. The lowest BCUT2D eigenvalue weighted by atomic mass is 10.3. The van der Waals surface area contributed by atoms with E-state index in [9.17, 15) is 14.4 Å². The zero-order valence-electron chi connectivity index (χ0n) is 11.0. The minimum absolute atomic E-state index is 0.0164. The van der Waals surface area contributed by atoms with Gasteiger partial charge in [0.25, 0.3) is 0 Å². The highest BCUT2D eigenvalue weighted by molar-refractivity contribution is 6.35.